The van der Waals surface area contributed by atoms with Gasteiger partial charge in [0, 0.05) is 17.9 Å². The standard InChI is InChI=1S/C13H13NO3S2/c1-17-13(3-2-4-13)12-14-9(7-19-12)10-5-8(6-18-10)11(15)16/h5-7H,2-4H2,1H3,(H,15,16). The smallest absolute Gasteiger partial charge is 0.336 e. The Morgan fingerprint density at radius 2 is 2.21 bits per heavy atom. The second-order valence-electron chi connectivity index (χ2n) is 4.59. The minimum absolute atomic E-state index is 0.199. The summed E-state index contributed by atoms with van der Waals surface area (Å²) < 4.78 is 5.61. The van der Waals surface area contributed by atoms with E-state index in [2.05, 4.69) is 4.98 Å². The Morgan fingerprint density at radius 1 is 1.42 bits per heavy atom. The van der Waals surface area contributed by atoms with E-state index in [0.29, 0.717) is 5.56 Å². The molecule has 1 aliphatic carbocycles. The van der Waals surface area contributed by atoms with Crippen molar-refractivity contribution in [2.75, 3.05) is 7.11 Å². The monoisotopic (exact) mass is 295 g/mol. The van der Waals surface area contributed by atoms with Crippen LogP contribution in [0.5, 0.6) is 0 Å². The lowest BCUT2D eigenvalue weighted by molar-refractivity contribution is -0.0778. The average Bonchev–Trinajstić information content (AvgIpc) is 2.96. The molecule has 0 bridgehead atoms. The van der Waals surface area contributed by atoms with Gasteiger partial charge in [-0.1, -0.05) is 0 Å². The predicted molar refractivity (Wildman–Crippen MR) is 74.9 cm³/mol. The summed E-state index contributed by atoms with van der Waals surface area (Å²) in [4.78, 5) is 16.4. The molecule has 0 radical (unpaired) electrons. The maximum atomic E-state index is 10.9. The van der Waals surface area contributed by atoms with Gasteiger partial charge in [-0.15, -0.1) is 22.7 Å². The number of hydrogen-bond acceptors (Lipinski definition) is 5. The van der Waals surface area contributed by atoms with Gasteiger partial charge >= 0.3 is 5.97 Å². The number of ether oxygens (including phenoxy) is 1. The Kier molecular flexibility index (Phi) is 3.16. The molecule has 1 fully saturated rings. The number of carboxylic acids is 1. The molecule has 2 aromatic heterocycles. The van der Waals surface area contributed by atoms with E-state index < -0.39 is 5.97 Å². The summed E-state index contributed by atoms with van der Waals surface area (Å²) in [6, 6.07) is 1.67. The molecule has 0 spiro atoms. The first-order valence-corrected chi connectivity index (χ1v) is 7.74. The molecule has 0 saturated heterocycles. The molecule has 4 nitrogen and oxygen atoms in total. The first-order chi connectivity index (χ1) is 9.14. The number of thiophene rings is 1. The molecule has 1 saturated carbocycles. The zero-order valence-corrected chi connectivity index (χ0v) is 12.0. The van der Waals surface area contributed by atoms with Crippen molar-refractivity contribution in [2.24, 2.45) is 0 Å². The van der Waals surface area contributed by atoms with Crippen molar-refractivity contribution in [3.63, 3.8) is 0 Å². The Labute approximate surface area is 118 Å². The van der Waals surface area contributed by atoms with Crippen LogP contribution in [0, 0.1) is 0 Å². The number of aromatic nitrogens is 1. The topological polar surface area (TPSA) is 59.4 Å². The predicted octanol–water partition coefficient (Wildman–Crippen LogP) is 3.60. The number of nitrogens with zero attached hydrogens (tertiary/aromatic N) is 1. The van der Waals surface area contributed by atoms with Crippen molar-refractivity contribution in [1.29, 1.82) is 0 Å². The van der Waals surface area contributed by atoms with Gasteiger partial charge in [0.25, 0.3) is 0 Å². The van der Waals surface area contributed by atoms with Crippen molar-refractivity contribution >= 4 is 28.6 Å². The number of aromatic carboxylic acids is 1. The Hall–Kier alpha value is -1.24. The van der Waals surface area contributed by atoms with Crippen LogP contribution in [0.15, 0.2) is 16.8 Å². The Morgan fingerprint density at radius 3 is 2.74 bits per heavy atom. The van der Waals surface area contributed by atoms with Gasteiger partial charge in [0.1, 0.15) is 10.6 Å². The first kappa shape index (κ1) is 12.8. The minimum atomic E-state index is -0.898. The van der Waals surface area contributed by atoms with Crippen LogP contribution in [-0.4, -0.2) is 23.2 Å². The van der Waals surface area contributed by atoms with Gasteiger partial charge in [0.15, 0.2) is 0 Å². The number of methoxy groups -OCH3 is 1. The fourth-order valence-electron chi connectivity index (χ4n) is 2.18. The van der Waals surface area contributed by atoms with Gasteiger partial charge in [-0.2, -0.15) is 0 Å². The summed E-state index contributed by atoms with van der Waals surface area (Å²) in [6.45, 7) is 0. The molecule has 2 aromatic rings. The molecule has 1 aliphatic rings. The number of carboxylic acid groups (broad SMARTS) is 1. The third-order valence-electron chi connectivity index (χ3n) is 3.54. The molecule has 0 amide bonds. The lowest BCUT2D eigenvalue weighted by Crippen LogP contribution is -2.35. The maximum absolute atomic E-state index is 10.9. The Bertz CT molecular complexity index is 607. The van der Waals surface area contributed by atoms with E-state index in [1.165, 1.54) is 17.8 Å². The summed E-state index contributed by atoms with van der Waals surface area (Å²) in [7, 11) is 1.73. The zero-order valence-electron chi connectivity index (χ0n) is 10.4. The summed E-state index contributed by atoms with van der Waals surface area (Å²) in [5.41, 5.74) is 0.968. The molecule has 0 aromatic carbocycles. The van der Waals surface area contributed by atoms with Crippen LogP contribution in [0.1, 0.15) is 34.6 Å². The van der Waals surface area contributed by atoms with E-state index in [-0.39, 0.29) is 5.60 Å². The van der Waals surface area contributed by atoms with Gasteiger partial charge < -0.3 is 9.84 Å². The zero-order chi connectivity index (χ0) is 13.5. The molecular formula is C13H13NO3S2. The van der Waals surface area contributed by atoms with E-state index in [0.717, 1.165) is 28.4 Å². The molecule has 100 valence electrons. The number of carbonyl (C=O) groups is 1. The van der Waals surface area contributed by atoms with Gasteiger partial charge in [0.2, 0.25) is 0 Å². The molecule has 0 aliphatic heterocycles. The van der Waals surface area contributed by atoms with Crippen LogP contribution in [0.25, 0.3) is 10.6 Å². The minimum Gasteiger partial charge on any atom is -0.478 e. The summed E-state index contributed by atoms with van der Waals surface area (Å²) in [5.74, 6) is -0.898. The lowest BCUT2D eigenvalue weighted by Gasteiger charge is -2.38. The quantitative estimate of drug-likeness (QED) is 0.936. The van der Waals surface area contributed by atoms with Gasteiger partial charge in [-0.25, -0.2) is 9.78 Å². The second kappa shape index (κ2) is 4.70. The average molecular weight is 295 g/mol. The van der Waals surface area contributed by atoms with Crippen molar-refractivity contribution in [3.8, 4) is 10.6 Å². The highest BCUT2D eigenvalue weighted by Gasteiger charge is 2.41. The van der Waals surface area contributed by atoms with E-state index in [1.807, 2.05) is 5.38 Å². The molecule has 1 N–H and O–H groups in total. The molecule has 6 heteroatoms. The van der Waals surface area contributed by atoms with E-state index >= 15 is 0 Å². The van der Waals surface area contributed by atoms with Gasteiger partial charge in [-0.05, 0) is 25.3 Å². The van der Waals surface area contributed by atoms with Crippen LogP contribution in [-0.2, 0) is 10.3 Å². The number of thiazole rings is 1. The highest BCUT2D eigenvalue weighted by atomic mass is 32.1. The fraction of sp³-hybridized carbons (Fsp3) is 0.385. The fourth-order valence-corrected chi connectivity index (χ4v) is 4.16. The molecule has 3 rings (SSSR count). The van der Waals surface area contributed by atoms with E-state index in [4.69, 9.17) is 9.84 Å². The molecule has 0 unspecified atom stereocenters. The first-order valence-electron chi connectivity index (χ1n) is 5.98. The van der Waals surface area contributed by atoms with Crippen LogP contribution in [0.2, 0.25) is 0 Å². The third kappa shape index (κ3) is 2.09. The molecular weight excluding hydrogens is 282 g/mol. The van der Waals surface area contributed by atoms with Crippen LogP contribution >= 0.6 is 22.7 Å². The van der Waals surface area contributed by atoms with Crippen molar-refractivity contribution in [2.45, 2.75) is 24.9 Å². The SMILES string of the molecule is COC1(c2nc(-c3cc(C(=O)O)cs3)cs2)CCC1. The lowest BCUT2D eigenvalue weighted by atomic mass is 9.80. The van der Waals surface area contributed by atoms with Crippen LogP contribution in [0.3, 0.4) is 0 Å². The van der Waals surface area contributed by atoms with Gasteiger partial charge in [-0.3, -0.25) is 0 Å². The second-order valence-corrected chi connectivity index (χ2v) is 6.36. The summed E-state index contributed by atoms with van der Waals surface area (Å²) in [5, 5.41) is 13.6. The number of hydrogen-bond donors (Lipinski definition) is 1. The summed E-state index contributed by atoms with van der Waals surface area (Å²) in [6.07, 6.45) is 3.20. The summed E-state index contributed by atoms with van der Waals surface area (Å²) >= 11 is 3.00. The van der Waals surface area contributed by atoms with E-state index in [1.54, 1.807) is 29.9 Å². The largest absolute Gasteiger partial charge is 0.478 e. The van der Waals surface area contributed by atoms with Crippen LogP contribution in [0.4, 0.5) is 0 Å². The molecule has 2 heterocycles. The highest BCUT2D eigenvalue weighted by Crippen LogP contribution is 2.46. The molecule has 0 atom stereocenters. The normalized spacial score (nSPS) is 17.1. The van der Waals surface area contributed by atoms with E-state index in [9.17, 15) is 4.79 Å². The number of rotatable bonds is 4. The van der Waals surface area contributed by atoms with Crippen LogP contribution < -0.4 is 0 Å². The third-order valence-corrected chi connectivity index (χ3v) is 5.53. The Balaban J connectivity index is 1.90. The molecule has 19 heavy (non-hydrogen) atoms. The maximum Gasteiger partial charge on any atom is 0.336 e. The van der Waals surface area contributed by atoms with Crippen molar-refractivity contribution in [3.05, 3.63) is 27.4 Å². The van der Waals surface area contributed by atoms with Crippen molar-refractivity contribution < 1.29 is 14.6 Å². The van der Waals surface area contributed by atoms with Crippen molar-refractivity contribution in [1.82, 2.24) is 4.98 Å². The highest BCUT2D eigenvalue weighted by molar-refractivity contribution is 7.14. The van der Waals surface area contributed by atoms with Gasteiger partial charge in [0.05, 0.1) is 16.1 Å².